The molecule has 0 aliphatic carbocycles. The molecule has 1 aromatic rings. The fraction of sp³-hybridized carbons (Fsp3) is 0.524. The lowest BCUT2D eigenvalue weighted by molar-refractivity contribution is -0.143. The Hall–Kier alpha value is -2.97. The summed E-state index contributed by atoms with van der Waals surface area (Å²) in [6.45, 7) is 6.94. The molecule has 0 aromatic heterocycles. The van der Waals surface area contributed by atoms with Crippen molar-refractivity contribution in [3.05, 3.63) is 30.1 Å². The Kier molecular flexibility index (Phi) is 7.53. The van der Waals surface area contributed by atoms with Gasteiger partial charge in [0.15, 0.2) is 0 Å². The lowest BCUT2D eigenvalue weighted by Gasteiger charge is -2.26. The van der Waals surface area contributed by atoms with Gasteiger partial charge < -0.3 is 20.6 Å². The second-order valence-corrected chi connectivity index (χ2v) is 8.18. The van der Waals surface area contributed by atoms with Crippen LogP contribution in [0.4, 0.5) is 10.1 Å². The SMILES string of the molecule is CC(C)[C@@H](NC(=O)[C@H](NC(=O)C1CC(=O)N(c2ccc(F)cc2)C1)C(C)C)C(=O)O. The van der Waals surface area contributed by atoms with Crippen molar-refractivity contribution in [3.8, 4) is 0 Å². The van der Waals surface area contributed by atoms with Gasteiger partial charge in [0, 0.05) is 18.7 Å². The molecule has 0 spiro atoms. The molecule has 0 radical (unpaired) electrons. The standard InChI is InChI=1S/C21H28FN3O5/c1-11(2)17(20(28)24-18(12(3)4)21(29)30)23-19(27)13-9-16(26)25(10-13)15-7-5-14(22)6-8-15/h5-8,11-13,17-18H,9-10H2,1-4H3,(H,23,27)(H,24,28)(H,29,30)/t13?,17-,18-/m1/s1. The van der Waals surface area contributed by atoms with Crippen LogP contribution < -0.4 is 15.5 Å². The number of carboxylic acids is 1. The Morgan fingerprint density at radius 3 is 2.10 bits per heavy atom. The van der Waals surface area contributed by atoms with Crippen LogP contribution in [-0.4, -0.2) is 47.4 Å². The molecule has 1 heterocycles. The molecular weight excluding hydrogens is 393 g/mol. The van der Waals surface area contributed by atoms with E-state index in [0.29, 0.717) is 5.69 Å². The second-order valence-electron chi connectivity index (χ2n) is 8.18. The minimum atomic E-state index is -1.15. The van der Waals surface area contributed by atoms with Crippen LogP contribution in [0.25, 0.3) is 0 Å². The zero-order valence-corrected chi connectivity index (χ0v) is 17.5. The highest BCUT2D eigenvalue weighted by molar-refractivity contribution is 6.01. The first kappa shape index (κ1) is 23.3. The highest BCUT2D eigenvalue weighted by atomic mass is 19.1. The number of nitrogens with zero attached hydrogens (tertiary/aromatic N) is 1. The molecule has 8 nitrogen and oxygen atoms in total. The molecule has 1 aliphatic rings. The van der Waals surface area contributed by atoms with Crippen molar-refractivity contribution in [3.63, 3.8) is 0 Å². The number of aliphatic carboxylic acids is 1. The molecule has 3 N–H and O–H groups in total. The van der Waals surface area contributed by atoms with Gasteiger partial charge in [-0.25, -0.2) is 9.18 Å². The largest absolute Gasteiger partial charge is 0.480 e. The molecule has 0 bridgehead atoms. The van der Waals surface area contributed by atoms with E-state index in [4.69, 9.17) is 0 Å². The lowest BCUT2D eigenvalue weighted by Crippen LogP contribution is -2.55. The van der Waals surface area contributed by atoms with Crippen molar-refractivity contribution in [1.82, 2.24) is 10.6 Å². The van der Waals surface area contributed by atoms with Crippen molar-refractivity contribution in [2.75, 3.05) is 11.4 Å². The van der Waals surface area contributed by atoms with E-state index in [0.717, 1.165) is 0 Å². The fourth-order valence-electron chi connectivity index (χ4n) is 3.32. The van der Waals surface area contributed by atoms with Crippen LogP contribution in [-0.2, 0) is 19.2 Å². The van der Waals surface area contributed by atoms with Crippen LogP contribution in [0.2, 0.25) is 0 Å². The molecule has 1 aromatic carbocycles. The Morgan fingerprint density at radius 1 is 1.03 bits per heavy atom. The Balaban J connectivity index is 2.06. The van der Waals surface area contributed by atoms with Gasteiger partial charge >= 0.3 is 5.97 Å². The summed E-state index contributed by atoms with van der Waals surface area (Å²) in [6.07, 6.45) is -0.0284. The van der Waals surface area contributed by atoms with E-state index in [1.807, 2.05) is 0 Å². The van der Waals surface area contributed by atoms with Gasteiger partial charge in [-0.15, -0.1) is 0 Å². The first-order chi connectivity index (χ1) is 14.0. The molecule has 9 heteroatoms. The number of hydrogen-bond donors (Lipinski definition) is 3. The molecule has 1 aliphatic heterocycles. The van der Waals surface area contributed by atoms with Gasteiger partial charge in [0.05, 0.1) is 5.92 Å². The average Bonchev–Trinajstić information content (AvgIpc) is 3.05. The molecule has 1 saturated heterocycles. The van der Waals surface area contributed by atoms with Gasteiger partial charge in [-0.05, 0) is 36.1 Å². The third-order valence-corrected chi connectivity index (χ3v) is 5.11. The summed E-state index contributed by atoms with van der Waals surface area (Å²) in [6, 6.07) is 3.41. The minimum absolute atomic E-state index is 0.0284. The summed E-state index contributed by atoms with van der Waals surface area (Å²) < 4.78 is 13.1. The summed E-state index contributed by atoms with van der Waals surface area (Å²) in [5, 5.41) is 14.4. The molecule has 3 amide bonds. The maximum atomic E-state index is 13.1. The fourth-order valence-corrected chi connectivity index (χ4v) is 3.32. The maximum Gasteiger partial charge on any atom is 0.326 e. The normalized spacial score (nSPS) is 18.4. The number of hydrogen-bond acceptors (Lipinski definition) is 4. The summed E-state index contributed by atoms with van der Waals surface area (Å²) >= 11 is 0. The van der Waals surface area contributed by atoms with Crippen molar-refractivity contribution in [2.24, 2.45) is 17.8 Å². The Bertz CT molecular complexity index is 809. The van der Waals surface area contributed by atoms with Crippen LogP contribution in [0.15, 0.2) is 24.3 Å². The van der Waals surface area contributed by atoms with E-state index >= 15 is 0 Å². The highest BCUT2D eigenvalue weighted by Crippen LogP contribution is 2.25. The number of nitrogens with one attached hydrogen (secondary N) is 2. The minimum Gasteiger partial charge on any atom is -0.480 e. The number of halogens is 1. The summed E-state index contributed by atoms with van der Waals surface area (Å²) in [5.41, 5.74) is 0.496. The van der Waals surface area contributed by atoms with E-state index < -0.39 is 41.6 Å². The zero-order chi connectivity index (χ0) is 22.6. The number of carboxylic acid groups (broad SMARTS) is 1. The Labute approximate surface area is 174 Å². The van der Waals surface area contributed by atoms with E-state index in [-0.39, 0.29) is 30.7 Å². The predicted octanol–water partition coefficient (Wildman–Crippen LogP) is 1.54. The molecule has 30 heavy (non-hydrogen) atoms. The number of carbonyl (C=O) groups excluding carboxylic acids is 3. The quantitative estimate of drug-likeness (QED) is 0.589. The number of carbonyl (C=O) groups is 4. The molecular formula is C21H28FN3O5. The molecule has 1 fully saturated rings. The van der Waals surface area contributed by atoms with E-state index in [1.54, 1.807) is 27.7 Å². The van der Waals surface area contributed by atoms with E-state index in [2.05, 4.69) is 10.6 Å². The molecule has 0 saturated carbocycles. The van der Waals surface area contributed by atoms with Gasteiger partial charge in [0.2, 0.25) is 17.7 Å². The second kappa shape index (κ2) is 9.69. The number of rotatable bonds is 8. The smallest absolute Gasteiger partial charge is 0.326 e. The number of amides is 3. The first-order valence-corrected chi connectivity index (χ1v) is 9.90. The summed E-state index contributed by atoms with van der Waals surface area (Å²) in [4.78, 5) is 50.5. The molecule has 2 rings (SSSR count). The van der Waals surface area contributed by atoms with Gasteiger partial charge in [0.25, 0.3) is 0 Å². The van der Waals surface area contributed by atoms with E-state index in [1.165, 1.54) is 29.2 Å². The van der Waals surface area contributed by atoms with Gasteiger partial charge in [-0.3, -0.25) is 14.4 Å². The van der Waals surface area contributed by atoms with Crippen LogP contribution in [0, 0.1) is 23.6 Å². The van der Waals surface area contributed by atoms with Crippen LogP contribution in [0.5, 0.6) is 0 Å². The van der Waals surface area contributed by atoms with Crippen LogP contribution >= 0.6 is 0 Å². The lowest BCUT2D eigenvalue weighted by atomic mass is 9.99. The third-order valence-electron chi connectivity index (χ3n) is 5.11. The topological polar surface area (TPSA) is 116 Å². The first-order valence-electron chi connectivity index (χ1n) is 9.90. The highest BCUT2D eigenvalue weighted by Gasteiger charge is 2.37. The third kappa shape index (κ3) is 5.55. The monoisotopic (exact) mass is 421 g/mol. The molecule has 1 unspecified atom stereocenters. The Morgan fingerprint density at radius 2 is 1.60 bits per heavy atom. The van der Waals surface area contributed by atoms with Gasteiger partial charge in [0.1, 0.15) is 17.9 Å². The van der Waals surface area contributed by atoms with Crippen LogP contribution in [0.3, 0.4) is 0 Å². The summed E-state index contributed by atoms with van der Waals surface area (Å²) in [5.74, 6) is -4.17. The van der Waals surface area contributed by atoms with Crippen molar-refractivity contribution in [1.29, 1.82) is 0 Å². The summed E-state index contributed by atoms with van der Waals surface area (Å²) in [7, 11) is 0. The van der Waals surface area contributed by atoms with Gasteiger partial charge in [-0.1, -0.05) is 27.7 Å². The number of benzene rings is 1. The predicted molar refractivity (Wildman–Crippen MR) is 108 cm³/mol. The van der Waals surface area contributed by atoms with Crippen molar-refractivity contribution in [2.45, 2.75) is 46.2 Å². The number of anilines is 1. The zero-order valence-electron chi connectivity index (χ0n) is 17.5. The maximum absolute atomic E-state index is 13.1. The molecule has 164 valence electrons. The van der Waals surface area contributed by atoms with Crippen molar-refractivity contribution < 1.29 is 28.7 Å². The van der Waals surface area contributed by atoms with Crippen LogP contribution in [0.1, 0.15) is 34.1 Å². The molecule has 3 atom stereocenters. The van der Waals surface area contributed by atoms with Crippen molar-refractivity contribution >= 4 is 29.4 Å². The average molecular weight is 421 g/mol. The van der Waals surface area contributed by atoms with Gasteiger partial charge in [-0.2, -0.15) is 0 Å². The van der Waals surface area contributed by atoms with E-state index in [9.17, 15) is 28.7 Å².